The Balaban J connectivity index is 1.70. The van der Waals surface area contributed by atoms with Crippen molar-refractivity contribution >= 4 is 47.2 Å². The van der Waals surface area contributed by atoms with Crippen molar-refractivity contribution in [2.45, 2.75) is 43.9 Å². The highest BCUT2D eigenvalue weighted by atomic mass is 32.1. The summed E-state index contributed by atoms with van der Waals surface area (Å²) in [6.45, 7) is 1.48. The second-order valence-corrected chi connectivity index (χ2v) is 9.10. The van der Waals surface area contributed by atoms with Crippen molar-refractivity contribution in [1.82, 2.24) is 20.9 Å². The standard InChI is InChI=1S/C26H31N5O5S/c1-15(29-24(33)19(27)11-16-7-3-2-4-8-16)23(32)30-21(25(34)31-22(14-37)26(35)36)12-17-13-28-20-10-6-5-9-18(17)20/h2-10,13,15,19,21-22,28,37H,11-12,14,27H2,1H3,(H,29,33)(H,30,32)(H,31,34)(H,35,36). The van der Waals surface area contributed by atoms with Crippen LogP contribution in [0.25, 0.3) is 10.9 Å². The quantitative estimate of drug-likeness (QED) is 0.173. The number of aromatic nitrogens is 1. The molecule has 0 spiro atoms. The molecule has 10 nitrogen and oxygen atoms in total. The number of benzene rings is 2. The van der Waals surface area contributed by atoms with Crippen LogP contribution in [0.1, 0.15) is 18.1 Å². The van der Waals surface area contributed by atoms with E-state index in [0.717, 1.165) is 22.0 Å². The zero-order valence-corrected chi connectivity index (χ0v) is 21.2. The third-order valence-corrected chi connectivity index (χ3v) is 6.28. The fourth-order valence-electron chi connectivity index (χ4n) is 3.83. The topological polar surface area (TPSA) is 166 Å². The van der Waals surface area contributed by atoms with E-state index in [4.69, 9.17) is 5.73 Å². The number of para-hydroxylation sites is 1. The van der Waals surface area contributed by atoms with Crippen molar-refractivity contribution in [3.8, 4) is 0 Å². The molecule has 0 saturated carbocycles. The lowest BCUT2D eigenvalue weighted by atomic mass is 10.0. The van der Waals surface area contributed by atoms with E-state index in [1.165, 1.54) is 6.92 Å². The van der Waals surface area contributed by atoms with Gasteiger partial charge in [0, 0.05) is 29.3 Å². The molecular weight excluding hydrogens is 494 g/mol. The Bertz CT molecular complexity index is 1250. The van der Waals surface area contributed by atoms with Crippen molar-refractivity contribution in [2.75, 3.05) is 5.75 Å². The van der Waals surface area contributed by atoms with Gasteiger partial charge in [-0.15, -0.1) is 0 Å². The molecule has 0 aliphatic rings. The number of hydrogen-bond donors (Lipinski definition) is 7. The number of aromatic amines is 1. The maximum Gasteiger partial charge on any atom is 0.327 e. The molecule has 2 aromatic carbocycles. The molecule has 7 N–H and O–H groups in total. The summed E-state index contributed by atoms with van der Waals surface area (Å²) in [6, 6.07) is 12.5. The first-order chi connectivity index (χ1) is 17.7. The Hall–Kier alpha value is -3.83. The summed E-state index contributed by atoms with van der Waals surface area (Å²) < 4.78 is 0. The van der Waals surface area contributed by atoms with Gasteiger partial charge in [-0.25, -0.2) is 4.79 Å². The van der Waals surface area contributed by atoms with E-state index in [1.54, 1.807) is 6.20 Å². The highest BCUT2D eigenvalue weighted by Crippen LogP contribution is 2.19. The number of carboxylic acids is 1. The Morgan fingerprint density at radius 2 is 1.54 bits per heavy atom. The van der Waals surface area contributed by atoms with Crippen LogP contribution in [0.2, 0.25) is 0 Å². The molecule has 0 bridgehead atoms. The highest BCUT2D eigenvalue weighted by molar-refractivity contribution is 7.80. The van der Waals surface area contributed by atoms with Gasteiger partial charge in [0.1, 0.15) is 18.1 Å². The molecule has 3 aromatic rings. The molecule has 1 aromatic heterocycles. The Morgan fingerprint density at radius 1 is 0.892 bits per heavy atom. The molecule has 0 aliphatic carbocycles. The average Bonchev–Trinajstić information content (AvgIpc) is 3.29. The van der Waals surface area contributed by atoms with Crippen LogP contribution in [-0.4, -0.2) is 63.7 Å². The van der Waals surface area contributed by atoms with Crippen LogP contribution in [-0.2, 0) is 32.0 Å². The van der Waals surface area contributed by atoms with E-state index in [2.05, 4.69) is 33.6 Å². The van der Waals surface area contributed by atoms with E-state index < -0.39 is 47.9 Å². The summed E-state index contributed by atoms with van der Waals surface area (Å²) in [5.41, 5.74) is 8.51. The minimum Gasteiger partial charge on any atom is -0.480 e. The van der Waals surface area contributed by atoms with Crippen LogP contribution in [0.4, 0.5) is 0 Å². The summed E-state index contributed by atoms with van der Waals surface area (Å²) in [7, 11) is 0. The minimum absolute atomic E-state index is 0.0919. The first-order valence-electron chi connectivity index (χ1n) is 11.8. The number of rotatable bonds is 12. The lowest BCUT2D eigenvalue weighted by molar-refractivity contribution is -0.141. The molecule has 11 heteroatoms. The number of hydrogen-bond acceptors (Lipinski definition) is 6. The second-order valence-electron chi connectivity index (χ2n) is 8.73. The van der Waals surface area contributed by atoms with Gasteiger partial charge in [0.15, 0.2) is 0 Å². The number of nitrogens with two attached hydrogens (primary N) is 1. The van der Waals surface area contributed by atoms with Crippen LogP contribution in [0.3, 0.4) is 0 Å². The van der Waals surface area contributed by atoms with Crippen LogP contribution in [0, 0.1) is 0 Å². The number of nitrogens with one attached hydrogen (secondary N) is 4. The Labute approximate surface area is 219 Å². The molecular formula is C26H31N5O5S. The SMILES string of the molecule is CC(NC(=O)C(N)Cc1ccccc1)C(=O)NC(Cc1c[nH]c2ccccc12)C(=O)NC(CS)C(=O)O. The fraction of sp³-hybridized carbons (Fsp3) is 0.308. The van der Waals surface area contributed by atoms with Crippen LogP contribution in [0.15, 0.2) is 60.8 Å². The summed E-state index contributed by atoms with van der Waals surface area (Å²) in [4.78, 5) is 53.1. The lowest BCUT2D eigenvalue weighted by Crippen LogP contribution is -2.57. The summed E-state index contributed by atoms with van der Waals surface area (Å²) in [5, 5.41) is 17.8. The Morgan fingerprint density at radius 3 is 2.22 bits per heavy atom. The maximum absolute atomic E-state index is 13.0. The predicted octanol–water partition coefficient (Wildman–Crippen LogP) is 0.769. The normalized spacial score (nSPS) is 14.2. The number of H-pyrrole nitrogens is 1. The molecule has 4 atom stereocenters. The largest absolute Gasteiger partial charge is 0.480 e. The number of carboxylic acid groups (broad SMARTS) is 1. The molecule has 0 aliphatic heterocycles. The van der Waals surface area contributed by atoms with Gasteiger partial charge < -0.3 is 31.8 Å². The van der Waals surface area contributed by atoms with Crippen molar-refractivity contribution < 1.29 is 24.3 Å². The number of thiol groups is 1. The smallest absolute Gasteiger partial charge is 0.327 e. The number of fused-ring (bicyclic) bond motifs is 1. The van der Waals surface area contributed by atoms with Crippen molar-refractivity contribution in [3.05, 3.63) is 71.9 Å². The summed E-state index contributed by atoms with van der Waals surface area (Å²) >= 11 is 3.98. The van der Waals surface area contributed by atoms with Gasteiger partial charge in [-0.2, -0.15) is 12.6 Å². The molecule has 37 heavy (non-hydrogen) atoms. The summed E-state index contributed by atoms with van der Waals surface area (Å²) in [6.07, 6.45) is 2.12. The maximum atomic E-state index is 13.0. The van der Waals surface area contributed by atoms with E-state index in [0.29, 0.717) is 6.42 Å². The first kappa shape index (κ1) is 27.8. The van der Waals surface area contributed by atoms with Crippen LogP contribution < -0.4 is 21.7 Å². The monoisotopic (exact) mass is 525 g/mol. The lowest BCUT2D eigenvalue weighted by Gasteiger charge is -2.23. The van der Waals surface area contributed by atoms with Gasteiger partial charge in [0.2, 0.25) is 17.7 Å². The van der Waals surface area contributed by atoms with Gasteiger partial charge in [-0.3, -0.25) is 14.4 Å². The third-order valence-electron chi connectivity index (χ3n) is 5.92. The van der Waals surface area contributed by atoms with Gasteiger partial charge >= 0.3 is 5.97 Å². The zero-order valence-electron chi connectivity index (χ0n) is 20.3. The fourth-order valence-corrected chi connectivity index (χ4v) is 4.08. The van der Waals surface area contributed by atoms with Gasteiger partial charge in [0.05, 0.1) is 6.04 Å². The minimum atomic E-state index is -1.24. The van der Waals surface area contributed by atoms with Crippen LogP contribution >= 0.6 is 12.6 Å². The van der Waals surface area contributed by atoms with E-state index in [9.17, 15) is 24.3 Å². The molecule has 3 amide bonds. The van der Waals surface area contributed by atoms with E-state index in [1.807, 2.05) is 54.6 Å². The number of amides is 3. The molecule has 4 unspecified atom stereocenters. The zero-order chi connectivity index (χ0) is 26.9. The van der Waals surface area contributed by atoms with Crippen molar-refractivity contribution in [1.29, 1.82) is 0 Å². The van der Waals surface area contributed by atoms with Crippen LogP contribution in [0.5, 0.6) is 0 Å². The number of carbonyl (C=O) groups is 4. The van der Waals surface area contributed by atoms with E-state index in [-0.39, 0.29) is 12.2 Å². The van der Waals surface area contributed by atoms with E-state index >= 15 is 0 Å². The van der Waals surface area contributed by atoms with Gasteiger partial charge in [-0.05, 0) is 30.5 Å². The molecule has 0 saturated heterocycles. The molecule has 3 rings (SSSR count). The van der Waals surface area contributed by atoms with Crippen molar-refractivity contribution in [3.63, 3.8) is 0 Å². The average molecular weight is 526 g/mol. The number of carbonyl (C=O) groups excluding carboxylic acids is 3. The predicted molar refractivity (Wildman–Crippen MR) is 143 cm³/mol. The van der Waals surface area contributed by atoms with Gasteiger partial charge in [0.25, 0.3) is 0 Å². The number of aliphatic carboxylic acids is 1. The first-order valence-corrected chi connectivity index (χ1v) is 12.4. The molecule has 0 fully saturated rings. The molecule has 1 heterocycles. The highest BCUT2D eigenvalue weighted by Gasteiger charge is 2.29. The Kier molecular flexibility index (Phi) is 9.70. The third kappa shape index (κ3) is 7.58. The molecule has 196 valence electrons. The van der Waals surface area contributed by atoms with Gasteiger partial charge in [-0.1, -0.05) is 48.5 Å². The molecule has 0 radical (unpaired) electrons. The van der Waals surface area contributed by atoms with Crippen molar-refractivity contribution in [2.24, 2.45) is 5.73 Å². The summed E-state index contributed by atoms with van der Waals surface area (Å²) in [5.74, 6) is -3.17. The second kappa shape index (κ2) is 12.9.